The first kappa shape index (κ1) is 19.7. The van der Waals surface area contributed by atoms with Crippen LogP contribution in [0.15, 0.2) is 0 Å². The van der Waals surface area contributed by atoms with Crippen molar-refractivity contribution in [1.82, 2.24) is 5.48 Å². The fourth-order valence-electron chi connectivity index (χ4n) is 1.85. The van der Waals surface area contributed by atoms with Crippen molar-refractivity contribution in [2.75, 3.05) is 0 Å². The second-order valence-electron chi connectivity index (χ2n) is 6.30. The average molecular weight is 301 g/mol. The van der Waals surface area contributed by atoms with E-state index in [1.165, 1.54) is 32.1 Å². The molecule has 1 amide bonds. The van der Waals surface area contributed by atoms with Gasteiger partial charge in [-0.2, -0.15) is 0 Å². The third-order valence-electron chi connectivity index (χ3n) is 2.88. The quantitative estimate of drug-likeness (QED) is 0.503. The first-order valence-corrected chi connectivity index (χ1v) is 8.04. The highest BCUT2D eigenvalue weighted by atomic mass is 16.7. The van der Waals surface area contributed by atoms with Gasteiger partial charge >= 0.3 is 12.1 Å². The largest absolute Gasteiger partial charge is 0.442 e. The van der Waals surface area contributed by atoms with Crippen LogP contribution in [0.5, 0.6) is 0 Å². The Morgan fingerprint density at radius 3 is 1.95 bits per heavy atom. The Kier molecular flexibility index (Phi) is 10.7. The fraction of sp³-hybridized carbons (Fsp3) is 0.875. The minimum atomic E-state index is -0.744. The molecule has 0 saturated heterocycles. The number of carbonyl (C=O) groups is 2. The Hall–Kier alpha value is -1.26. The van der Waals surface area contributed by atoms with Gasteiger partial charge in [-0.3, -0.25) is 0 Å². The molecular weight excluding hydrogens is 270 g/mol. The highest BCUT2D eigenvalue weighted by Gasteiger charge is 2.17. The van der Waals surface area contributed by atoms with Crippen LogP contribution < -0.4 is 5.48 Å². The van der Waals surface area contributed by atoms with E-state index in [0.717, 1.165) is 19.3 Å². The Morgan fingerprint density at radius 2 is 1.43 bits per heavy atom. The molecule has 124 valence electrons. The molecule has 0 rings (SSSR count). The van der Waals surface area contributed by atoms with E-state index >= 15 is 0 Å². The predicted molar refractivity (Wildman–Crippen MR) is 82.7 cm³/mol. The number of hydrogen-bond acceptors (Lipinski definition) is 4. The fourth-order valence-corrected chi connectivity index (χ4v) is 1.85. The first-order valence-electron chi connectivity index (χ1n) is 8.04. The zero-order chi connectivity index (χ0) is 16.1. The molecule has 1 N–H and O–H groups in total. The summed E-state index contributed by atoms with van der Waals surface area (Å²) in [6, 6.07) is 0. The Balaban J connectivity index is 3.44. The maximum atomic E-state index is 11.4. The minimum Gasteiger partial charge on any atom is -0.442 e. The molecule has 21 heavy (non-hydrogen) atoms. The molecule has 0 saturated carbocycles. The van der Waals surface area contributed by atoms with Gasteiger partial charge in [-0.15, -0.1) is 5.48 Å². The van der Waals surface area contributed by atoms with E-state index in [1.807, 2.05) is 5.48 Å². The lowest BCUT2D eigenvalue weighted by Crippen LogP contribution is -2.34. The topological polar surface area (TPSA) is 64.6 Å². The summed E-state index contributed by atoms with van der Waals surface area (Å²) in [5.41, 5.74) is 1.40. The van der Waals surface area contributed by atoms with Crippen molar-refractivity contribution < 1.29 is 19.2 Å². The van der Waals surface area contributed by atoms with Gasteiger partial charge < -0.3 is 9.57 Å². The molecule has 0 spiro atoms. The second kappa shape index (κ2) is 11.4. The van der Waals surface area contributed by atoms with Gasteiger partial charge in [0.05, 0.1) is 0 Å². The monoisotopic (exact) mass is 301 g/mol. The lowest BCUT2D eigenvalue weighted by atomic mass is 10.1. The molecule has 0 aromatic rings. The van der Waals surface area contributed by atoms with Crippen molar-refractivity contribution >= 4 is 12.1 Å². The molecule has 0 aliphatic carbocycles. The highest BCUT2D eigenvalue weighted by Crippen LogP contribution is 2.10. The third-order valence-corrected chi connectivity index (χ3v) is 2.88. The molecule has 0 aliphatic heterocycles. The number of ether oxygens (including phenoxy) is 1. The van der Waals surface area contributed by atoms with E-state index in [9.17, 15) is 9.59 Å². The summed E-state index contributed by atoms with van der Waals surface area (Å²) >= 11 is 0. The van der Waals surface area contributed by atoms with E-state index in [-0.39, 0.29) is 0 Å². The SMILES string of the molecule is CCCCCCCCCCC(=O)ONC(=O)OC(C)(C)C. The van der Waals surface area contributed by atoms with Gasteiger partial charge in [-0.25, -0.2) is 9.59 Å². The maximum Gasteiger partial charge on any atom is 0.441 e. The van der Waals surface area contributed by atoms with Crippen LogP contribution in [0.25, 0.3) is 0 Å². The normalized spacial score (nSPS) is 11.0. The standard InChI is InChI=1S/C16H31NO4/c1-5-6-7-8-9-10-11-12-13-14(18)21-17-15(19)20-16(2,3)4/h5-13H2,1-4H3,(H,17,19). The summed E-state index contributed by atoms with van der Waals surface area (Å²) < 4.78 is 4.95. The number of amides is 1. The number of hydrogen-bond donors (Lipinski definition) is 1. The summed E-state index contributed by atoms with van der Waals surface area (Å²) in [7, 11) is 0. The minimum absolute atomic E-state index is 0.324. The van der Waals surface area contributed by atoms with Gasteiger partial charge in [-0.1, -0.05) is 51.9 Å². The van der Waals surface area contributed by atoms with Crippen molar-refractivity contribution in [3.8, 4) is 0 Å². The van der Waals surface area contributed by atoms with E-state index in [1.54, 1.807) is 20.8 Å². The lowest BCUT2D eigenvalue weighted by Gasteiger charge is -2.19. The maximum absolute atomic E-state index is 11.4. The van der Waals surface area contributed by atoms with Crippen LogP contribution in [-0.2, 0) is 14.4 Å². The second-order valence-corrected chi connectivity index (χ2v) is 6.30. The van der Waals surface area contributed by atoms with Gasteiger partial charge in [0.25, 0.3) is 0 Å². The summed E-state index contributed by atoms with van der Waals surface area (Å²) in [6.45, 7) is 7.44. The van der Waals surface area contributed by atoms with Crippen molar-refractivity contribution in [3.63, 3.8) is 0 Å². The van der Waals surface area contributed by atoms with Crippen LogP contribution in [-0.4, -0.2) is 17.7 Å². The van der Waals surface area contributed by atoms with Crippen molar-refractivity contribution in [2.45, 2.75) is 91.1 Å². The number of rotatable bonds is 9. The molecule has 0 bridgehead atoms. The van der Waals surface area contributed by atoms with Gasteiger partial charge in [-0.05, 0) is 27.2 Å². The Morgan fingerprint density at radius 1 is 0.905 bits per heavy atom. The van der Waals surface area contributed by atoms with Crippen LogP contribution in [0.4, 0.5) is 4.79 Å². The molecular formula is C16H31NO4. The van der Waals surface area contributed by atoms with Crippen molar-refractivity contribution in [1.29, 1.82) is 0 Å². The smallest absolute Gasteiger partial charge is 0.441 e. The molecule has 0 radical (unpaired) electrons. The van der Waals surface area contributed by atoms with E-state index in [4.69, 9.17) is 4.74 Å². The summed E-state index contributed by atoms with van der Waals surface area (Å²) in [4.78, 5) is 27.3. The number of carbonyl (C=O) groups excluding carboxylic acids is 2. The predicted octanol–water partition coefficient (Wildman–Crippen LogP) is 4.50. The summed E-state index contributed by atoms with van der Waals surface area (Å²) in [6.07, 6.45) is 8.92. The molecule has 0 heterocycles. The molecule has 0 fully saturated rings. The van der Waals surface area contributed by atoms with Crippen LogP contribution >= 0.6 is 0 Å². The van der Waals surface area contributed by atoms with Crippen LogP contribution in [0.1, 0.15) is 85.5 Å². The van der Waals surface area contributed by atoms with E-state index in [0.29, 0.717) is 6.42 Å². The van der Waals surface area contributed by atoms with Gasteiger partial charge in [0.1, 0.15) is 5.60 Å². The molecule has 0 aromatic heterocycles. The highest BCUT2D eigenvalue weighted by molar-refractivity contribution is 5.73. The van der Waals surface area contributed by atoms with E-state index in [2.05, 4.69) is 11.8 Å². The van der Waals surface area contributed by atoms with Gasteiger partial charge in [0.15, 0.2) is 0 Å². The van der Waals surface area contributed by atoms with E-state index < -0.39 is 17.7 Å². The van der Waals surface area contributed by atoms with Gasteiger partial charge in [0.2, 0.25) is 0 Å². The molecule has 5 nitrogen and oxygen atoms in total. The van der Waals surface area contributed by atoms with Crippen LogP contribution in [0, 0.1) is 0 Å². The zero-order valence-electron chi connectivity index (χ0n) is 14.0. The number of unbranched alkanes of at least 4 members (excludes halogenated alkanes) is 7. The Bertz CT molecular complexity index is 297. The van der Waals surface area contributed by atoms with Crippen LogP contribution in [0.3, 0.4) is 0 Å². The summed E-state index contributed by atoms with van der Waals surface area (Å²) in [5, 5.41) is 0. The number of hydroxylamine groups is 1. The molecule has 0 aromatic carbocycles. The lowest BCUT2D eigenvalue weighted by molar-refractivity contribution is -0.150. The number of nitrogens with one attached hydrogen (secondary N) is 1. The zero-order valence-corrected chi connectivity index (χ0v) is 14.0. The summed E-state index contributed by atoms with van der Waals surface area (Å²) in [5.74, 6) is -0.424. The van der Waals surface area contributed by atoms with Crippen molar-refractivity contribution in [3.05, 3.63) is 0 Å². The van der Waals surface area contributed by atoms with Crippen LogP contribution in [0.2, 0.25) is 0 Å². The molecule has 5 heteroatoms. The third kappa shape index (κ3) is 15.0. The van der Waals surface area contributed by atoms with Gasteiger partial charge in [0, 0.05) is 6.42 Å². The van der Waals surface area contributed by atoms with Crippen molar-refractivity contribution in [2.24, 2.45) is 0 Å². The molecule has 0 atom stereocenters. The average Bonchev–Trinajstić information content (AvgIpc) is 2.37. The first-order chi connectivity index (χ1) is 9.85. The Labute approximate surface area is 128 Å². The molecule has 0 unspecified atom stereocenters. The molecule has 0 aliphatic rings.